The first-order valence-corrected chi connectivity index (χ1v) is 8.85. The largest absolute Gasteiger partial charge is 0.448 e. The highest BCUT2D eigenvalue weighted by Gasteiger charge is 2.28. The molecule has 2 aliphatic heterocycles. The van der Waals surface area contributed by atoms with Crippen molar-refractivity contribution in [3.8, 4) is 0 Å². The molecule has 1 unspecified atom stereocenters. The second-order valence-corrected chi connectivity index (χ2v) is 7.04. The number of halogens is 2. The van der Waals surface area contributed by atoms with E-state index in [0.29, 0.717) is 44.0 Å². The maximum Gasteiger partial charge on any atom is 0.410 e. The minimum atomic E-state index is -0.466. The summed E-state index contributed by atoms with van der Waals surface area (Å²) in [7, 11) is 0. The first-order valence-electron chi connectivity index (χ1n) is 7.80. The predicted octanol–water partition coefficient (Wildman–Crippen LogP) is 2.42. The molecule has 3 rings (SSSR count). The van der Waals surface area contributed by atoms with E-state index in [1.54, 1.807) is 4.90 Å². The van der Waals surface area contributed by atoms with Gasteiger partial charge in [0.05, 0.1) is 6.54 Å². The molecular formula is C16H18F2N2O3S. The second-order valence-electron chi connectivity index (χ2n) is 5.73. The Kier molecular flexibility index (Phi) is 5.23. The summed E-state index contributed by atoms with van der Waals surface area (Å²) in [6.07, 6.45) is 0.0774. The van der Waals surface area contributed by atoms with Crippen LogP contribution in [0.3, 0.4) is 0 Å². The van der Waals surface area contributed by atoms with Gasteiger partial charge in [-0.3, -0.25) is 9.69 Å². The van der Waals surface area contributed by atoms with Crippen molar-refractivity contribution in [3.05, 3.63) is 35.4 Å². The lowest BCUT2D eigenvalue weighted by atomic mass is 10.1. The number of thioether (sulfide) groups is 1. The van der Waals surface area contributed by atoms with Gasteiger partial charge in [-0.05, 0) is 24.6 Å². The van der Waals surface area contributed by atoms with Gasteiger partial charge >= 0.3 is 6.09 Å². The van der Waals surface area contributed by atoms with Crippen molar-refractivity contribution >= 4 is 23.8 Å². The molecule has 24 heavy (non-hydrogen) atoms. The van der Waals surface area contributed by atoms with E-state index in [4.69, 9.17) is 4.74 Å². The van der Waals surface area contributed by atoms with Gasteiger partial charge in [-0.1, -0.05) is 0 Å². The molecule has 0 N–H and O–H groups in total. The number of benzene rings is 1. The molecule has 0 aliphatic carbocycles. The van der Waals surface area contributed by atoms with E-state index in [1.165, 1.54) is 22.7 Å². The van der Waals surface area contributed by atoms with Gasteiger partial charge in [0.2, 0.25) is 5.91 Å². The molecule has 2 aliphatic rings. The number of cyclic esters (lactones) is 1. The van der Waals surface area contributed by atoms with Crippen LogP contribution in [-0.2, 0) is 9.53 Å². The van der Waals surface area contributed by atoms with Crippen molar-refractivity contribution < 1.29 is 23.1 Å². The number of ether oxygens (including phenoxy) is 1. The van der Waals surface area contributed by atoms with Crippen LogP contribution < -0.4 is 0 Å². The van der Waals surface area contributed by atoms with E-state index in [1.807, 2.05) is 0 Å². The third kappa shape index (κ3) is 3.80. The Labute approximate surface area is 142 Å². The SMILES string of the molecule is O=C(CN1CCOC1=O)N1CCSC(c2cc(F)ccc2F)CC1. The molecule has 1 aromatic carbocycles. The van der Waals surface area contributed by atoms with Crippen molar-refractivity contribution in [1.82, 2.24) is 9.80 Å². The average Bonchev–Trinajstić information content (AvgIpc) is 2.82. The van der Waals surface area contributed by atoms with Gasteiger partial charge in [-0.15, -0.1) is 0 Å². The summed E-state index contributed by atoms with van der Waals surface area (Å²) < 4.78 is 32.1. The lowest BCUT2D eigenvalue weighted by Gasteiger charge is -2.22. The Morgan fingerprint density at radius 2 is 2.12 bits per heavy atom. The summed E-state index contributed by atoms with van der Waals surface area (Å²) in [5.41, 5.74) is 0.345. The van der Waals surface area contributed by atoms with E-state index < -0.39 is 17.7 Å². The van der Waals surface area contributed by atoms with Gasteiger partial charge < -0.3 is 9.64 Å². The molecule has 0 spiro atoms. The summed E-state index contributed by atoms with van der Waals surface area (Å²) in [4.78, 5) is 26.8. The monoisotopic (exact) mass is 356 g/mol. The molecule has 8 heteroatoms. The highest BCUT2D eigenvalue weighted by Crippen LogP contribution is 2.36. The number of hydrogen-bond acceptors (Lipinski definition) is 4. The fraction of sp³-hybridized carbons (Fsp3) is 0.500. The highest BCUT2D eigenvalue weighted by atomic mass is 32.2. The van der Waals surface area contributed by atoms with Crippen LogP contribution in [0.4, 0.5) is 13.6 Å². The molecule has 0 radical (unpaired) electrons. The summed E-state index contributed by atoms with van der Waals surface area (Å²) >= 11 is 1.52. The summed E-state index contributed by atoms with van der Waals surface area (Å²) in [5.74, 6) is -0.392. The van der Waals surface area contributed by atoms with Gasteiger partial charge in [-0.25, -0.2) is 13.6 Å². The van der Waals surface area contributed by atoms with E-state index in [9.17, 15) is 18.4 Å². The average molecular weight is 356 g/mol. The van der Waals surface area contributed by atoms with E-state index >= 15 is 0 Å². The normalized spacial score (nSPS) is 21.6. The molecule has 2 amide bonds. The molecule has 2 fully saturated rings. The van der Waals surface area contributed by atoms with Crippen molar-refractivity contribution in [3.63, 3.8) is 0 Å². The van der Waals surface area contributed by atoms with Crippen LogP contribution in [0.5, 0.6) is 0 Å². The van der Waals surface area contributed by atoms with E-state index in [-0.39, 0.29) is 17.7 Å². The smallest absolute Gasteiger partial charge is 0.410 e. The van der Waals surface area contributed by atoms with Gasteiger partial charge in [0.15, 0.2) is 0 Å². The molecule has 1 atom stereocenters. The number of rotatable bonds is 3. The fourth-order valence-electron chi connectivity index (χ4n) is 2.86. The van der Waals surface area contributed by atoms with Gasteiger partial charge in [0.25, 0.3) is 0 Å². The minimum Gasteiger partial charge on any atom is -0.448 e. The maximum atomic E-state index is 13.9. The third-order valence-electron chi connectivity index (χ3n) is 4.17. The van der Waals surface area contributed by atoms with Crippen LogP contribution in [0.15, 0.2) is 18.2 Å². The lowest BCUT2D eigenvalue weighted by Crippen LogP contribution is -2.41. The van der Waals surface area contributed by atoms with Crippen LogP contribution in [0.2, 0.25) is 0 Å². The van der Waals surface area contributed by atoms with Crippen molar-refractivity contribution in [2.75, 3.05) is 38.5 Å². The van der Waals surface area contributed by atoms with Gasteiger partial charge in [-0.2, -0.15) is 11.8 Å². The number of nitrogens with zero attached hydrogens (tertiary/aromatic N) is 2. The first kappa shape index (κ1) is 17.0. The molecule has 0 saturated carbocycles. The van der Waals surface area contributed by atoms with Gasteiger partial charge in [0, 0.05) is 29.7 Å². The van der Waals surface area contributed by atoms with Gasteiger partial charge in [0.1, 0.15) is 24.8 Å². The zero-order chi connectivity index (χ0) is 17.1. The highest BCUT2D eigenvalue weighted by molar-refractivity contribution is 7.99. The predicted molar refractivity (Wildman–Crippen MR) is 85.7 cm³/mol. The Balaban J connectivity index is 1.61. The number of carbonyl (C=O) groups is 2. The first-order chi connectivity index (χ1) is 11.5. The molecule has 5 nitrogen and oxygen atoms in total. The van der Waals surface area contributed by atoms with Crippen LogP contribution >= 0.6 is 11.8 Å². The van der Waals surface area contributed by atoms with Crippen LogP contribution in [0.1, 0.15) is 17.2 Å². The zero-order valence-corrected chi connectivity index (χ0v) is 13.9. The topological polar surface area (TPSA) is 49.9 Å². The molecular weight excluding hydrogens is 338 g/mol. The summed E-state index contributed by atoms with van der Waals surface area (Å²) in [6.45, 7) is 1.71. The summed E-state index contributed by atoms with van der Waals surface area (Å²) in [6, 6.07) is 3.47. The number of hydrogen-bond donors (Lipinski definition) is 0. The number of amides is 2. The van der Waals surface area contributed by atoms with Crippen molar-refractivity contribution in [2.24, 2.45) is 0 Å². The summed E-state index contributed by atoms with van der Waals surface area (Å²) in [5, 5.41) is -0.185. The van der Waals surface area contributed by atoms with Crippen LogP contribution in [0.25, 0.3) is 0 Å². The zero-order valence-electron chi connectivity index (χ0n) is 13.0. The quantitative estimate of drug-likeness (QED) is 0.835. The molecule has 2 heterocycles. The molecule has 1 aromatic rings. The Hall–Kier alpha value is -1.83. The molecule has 2 saturated heterocycles. The minimum absolute atomic E-state index is 0.00247. The fourth-order valence-corrected chi connectivity index (χ4v) is 4.10. The second kappa shape index (κ2) is 7.38. The molecule has 0 bridgehead atoms. The maximum absolute atomic E-state index is 13.9. The van der Waals surface area contributed by atoms with E-state index in [0.717, 1.165) is 12.1 Å². The third-order valence-corrected chi connectivity index (χ3v) is 5.48. The molecule has 0 aromatic heterocycles. The number of carbonyl (C=O) groups excluding carboxylic acids is 2. The standard InChI is InChI=1S/C16H18F2N2O3S/c17-11-1-2-13(18)12(9-11)14-3-4-19(6-8-24-14)15(21)10-20-5-7-23-16(20)22/h1-2,9,14H,3-8,10H2. The van der Waals surface area contributed by atoms with Crippen molar-refractivity contribution in [1.29, 1.82) is 0 Å². The van der Waals surface area contributed by atoms with Crippen LogP contribution in [-0.4, -0.2) is 60.3 Å². The Bertz CT molecular complexity index is 644. The Morgan fingerprint density at radius 1 is 1.29 bits per heavy atom. The lowest BCUT2D eigenvalue weighted by molar-refractivity contribution is -0.131. The molecule has 130 valence electrons. The van der Waals surface area contributed by atoms with Crippen LogP contribution in [0, 0.1) is 11.6 Å². The Morgan fingerprint density at radius 3 is 2.88 bits per heavy atom. The van der Waals surface area contributed by atoms with Crippen molar-refractivity contribution in [2.45, 2.75) is 11.7 Å². The van der Waals surface area contributed by atoms with E-state index in [2.05, 4.69) is 0 Å².